The summed E-state index contributed by atoms with van der Waals surface area (Å²) in [5, 5.41) is 12.1. The first-order valence-electron chi connectivity index (χ1n) is 10.5. The van der Waals surface area contributed by atoms with Crippen LogP contribution in [-0.2, 0) is 24.3 Å². The summed E-state index contributed by atoms with van der Waals surface area (Å²) in [6.45, 7) is 0.961. The maximum absolute atomic E-state index is 12.2. The Kier molecular flexibility index (Phi) is 5.07. The van der Waals surface area contributed by atoms with Gasteiger partial charge in [-0.2, -0.15) is 5.10 Å². The molecule has 6 heteroatoms. The van der Waals surface area contributed by atoms with Crippen LogP contribution in [0.3, 0.4) is 0 Å². The number of nitrogens with zero attached hydrogens (tertiary/aromatic N) is 2. The minimum absolute atomic E-state index is 0.0844. The quantitative estimate of drug-likeness (QED) is 0.456. The van der Waals surface area contributed by atoms with E-state index in [1.807, 2.05) is 24.3 Å². The fourth-order valence-electron chi connectivity index (χ4n) is 4.36. The van der Waals surface area contributed by atoms with Crippen molar-refractivity contribution in [3.8, 4) is 0 Å². The third kappa shape index (κ3) is 3.86. The average Bonchev–Trinajstić information content (AvgIpc) is 3.40. The molecule has 152 valence electrons. The minimum Gasteiger partial charge on any atom is -0.357 e. The Morgan fingerprint density at radius 3 is 3.00 bits per heavy atom. The maximum Gasteiger partial charge on any atom is 0.246 e. The van der Waals surface area contributed by atoms with E-state index >= 15 is 0 Å². The van der Waals surface area contributed by atoms with Crippen LogP contribution in [0, 0.1) is 0 Å². The molecule has 0 bridgehead atoms. The van der Waals surface area contributed by atoms with Crippen molar-refractivity contribution in [1.82, 2.24) is 20.1 Å². The van der Waals surface area contributed by atoms with Gasteiger partial charge in [0.2, 0.25) is 5.91 Å². The number of amides is 1. The van der Waals surface area contributed by atoms with Crippen LogP contribution >= 0.6 is 0 Å². The summed E-state index contributed by atoms with van der Waals surface area (Å²) in [4.78, 5) is 15.9. The summed E-state index contributed by atoms with van der Waals surface area (Å²) < 4.78 is 1.61. The highest BCUT2D eigenvalue weighted by Gasteiger charge is 2.23. The lowest BCUT2D eigenvalue weighted by Gasteiger charge is -2.24. The molecule has 0 fully saturated rings. The largest absolute Gasteiger partial charge is 0.357 e. The molecule has 2 aromatic carbocycles. The molecule has 1 atom stereocenters. The van der Waals surface area contributed by atoms with Crippen LogP contribution in [0.1, 0.15) is 35.7 Å². The minimum atomic E-state index is -0.0844. The molecule has 2 aromatic heterocycles. The van der Waals surface area contributed by atoms with Gasteiger partial charge in [0.15, 0.2) is 0 Å². The Morgan fingerprint density at radius 1 is 1.17 bits per heavy atom. The molecule has 2 heterocycles. The molecule has 0 spiro atoms. The van der Waals surface area contributed by atoms with Gasteiger partial charge in [0.1, 0.15) is 6.54 Å². The van der Waals surface area contributed by atoms with E-state index in [1.165, 1.54) is 28.6 Å². The number of para-hydroxylation sites is 1. The van der Waals surface area contributed by atoms with E-state index in [2.05, 4.69) is 51.0 Å². The second kappa shape index (κ2) is 8.16. The van der Waals surface area contributed by atoms with Crippen LogP contribution in [0.2, 0.25) is 0 Å². The highest BCUT2D eigenvalue weighted by Crippen LogP contribution is 2.34. The first-order chi connectivity index (χ1) is 14.8. The molecular weight excluding hydrogens is 374 g/mol. The fourth-order valence-corrected chi connectivity index (χ4v) is 4.36. The Labute approximate surface area is 175 Å². The number of nitrogens with one attached hydrogen (secondary N) is 3. The van der Waals surface area contributed by atoms with Gasteiger partial charge >= 0.3 is 0 Å². The van der Waals surface area contributed by atoms with Crippen LogP contribution in [0.5, 0.6) is 0 Å². The summed E-state index contributed by atoms with van der Waals surface area (Å²) in [5.41, 5.74) is 5.95. The number of aromatic nitrogens is 3. The number of benzene rings is 2. The van der Waals surface area contributed by atoms with Crippen LogP contribution in [0.25, 0.3) is 10.9 Å². The fraction of sp³-hybridized carbons (Fsp3) is 0.250. The van der Waals surface area contributed by atoms with Gasteiger partial charge in [-0.25, -0.2) is 0 Å². The van der Waals surface area contributed by atoms with Crippen LogP contribution in [0.4, 0.5) is 5.69 Å². The molecule has 0 radical (unpaired) electrons. The van der Waals surface area contributed by atoms with Crippen LogP contribution in [-0.4, -0.2) is 20.7 Å². The standard InChI is InChI=1S/C24H25N5O/c30-23(16-29-13-5-12-26-29)27-18-7-3-6-17(14-18)15-25-22-11-4-9-20-19-8-1-2-10-21(19)28-24(20)22/h1-3,5-8,10,12-14,22,25,28H,4,9,11,15-16H2,(H,27,30). The number of rotatable bonds is 6. The first-order valence-corrected chi connectivity index (χ1v) is 10.5. The highest BCUT2D eigenvalue weighted by molar-refractivity contribution is 5.90. The Morgan fingerprint density at radius 2 is 2.10 bits per heavy atom. The van der Waals surface area contributed by atoms with Crippen molar-refractivity contribution in [3.63, 3.8) is 0 Å². The SMILES string of the molecule is O=C(Cn1cccn1)Nc1cccc(CNC2CCCc3c2[nH]c2ccccc32)c1. The molecule has 1 aliphatic rings. The van der Waals surface area contributed by atoms with Crippen molar-refractivity contribution in [3.05, 3.63) is 83.8 Å². The predicted molar refractivity (Wildman–Crippen MR) is 118 cm³/mol. The van der Waals surface area contributed by atoms with Gasteiger partial charge in [-0.05, 0) is 54.7 Å². The van der Waals surface area contributed by atoms with E-state index < -0.39 is 0 Å². The lowest BCUT2D eigenvalue weighted by molar-refractivity contribution is -0.116. The lowest BCUT2D eigenvalue weighted by Crippen LogP contribution is -2.25. The van der Waals surface area contributed by atoms with Gasteiger partial charge in [0, 0.05) is 47.3 Å². The second-order valence-electron chi connectivity index (χ2n) is 7.84. The first kappa shape index (κ1) is 18.6. The molecular formula is C24H25N5O. The number of aryl methyl sites for hydroxylation is 1. The van der Waals surface area contributed by atoms with E-state index in [4.69, 9.17) is 0 Å². The number of anilines is 1. The van der Waals surface area contributed by atoms with Gasteiger partial charge < -0.3 is 15.6 Å². The van der Waals surface area contributed by atoms with E-state index in [1.54, 1.807) is 17.1 Å². The van der Waals surface area contributed by atoms with Crippen molar-refractivity contribution in [2.24, 2.45) is 0 Å². The molecule has 4 aromatic rings. The van der Waals surface area contributed by atoms with E-state index in [0.717, 1.165) is 30.6 Å². The summed E-state index contributed by atoms with van der Waals surface area (Å²) in [5.74, 6) is -0.0844. The van der Waals surface area contributed by atoms with E-state index in [-0.39, 0.29) is 12.5 Å². The molecule has 1 aliphatic carbocycles. The maximum atomic E-state index is 12.2. The zero-order valence-corrected chi connectivity index (χ0v) is 16.8. The summed E-state index contributed by atoms with van der Waals surface area (Å²) in [6, 6.07) is 18.7. The van der Waals surface area contributed by atoms with Crippen molar-refractivity contribution in [2.75, 3.05) is 5.32 Å². The monoisotopic (exact) mass is 399 g/mol. The van der Waals surface area contributed by atoms with Gasteiger partial charge in [0.25, 0.3) is 0 Å². The molecule has 0 saturated heterocycles. The number of fused-ring (bicyclic) bond motifs is 3. The molecule has 30 heavy (non-hydrogen) atoms. The number of aromatic amines is 1. The molecule has 6 nitrogen and oxygen atoms in total. The number of H-pyrrole nitrogens is 1. The third-order valence-corrected chi connectivity index (χ3v) is 5.74. The van der Waals surface area contributed by atoms with Crippen molar-refractivity contribution in [2.45, 2.75) is 38.4 Å². The van der Waals surface area contributed by atoms with Crippen LogP contribution in [0.15, 0.2) is 67.0 Å². The summed E-state index contributed by atoms with van der Waals surface area (Å²) in [6.07, 6.45) is 6.90. The predicted octanol–water partition coefficient (Wildman–Crippen LogP) is 4.17. The number of hydrogen-bond acceptors (Lipinski definition) is 3. The number of carbonyl (C=O) groups excluding carboxylic acids is 1. The third-order valence-electron chi connectivity index (χ3n) is 5.74. The number of hydrogen-bond donors (Lipinski definition) is 3. The van der Waals surface area contributed by atoms with E-state index in [0.29, 0.717) is 6.04 Å². The molecule has 5 rings (SSSR count). The molecule has 3 N–H and O–H groups in total. The van der Waals surface area contributed by atoms with Gasteiger partial charge in [-0.1, -0.05) is 30.3 Å². The van der Waals surface area contributed by atoms with Gasteiger partial charge in [-0.3, -0.25) is 9.48 Å². The summed E-state index contributed by atoms with van der Waals surface area (Å²) in [7, 11) is 0. The Balaban J connectivity index is 1.25. The summed E-state index contributed by atoms with van der Waals surface area (Å²) >= 11 is 0. The molecule has 1 amide bonds. The van der Waals surface area contributed by atoms with E-state index in [9.17, 15) is 4.79 Å². The van der Waals surface area contributed by atoms with Gasteiger partial charge in [0.05, 0.1) is 0 Å². The Hall–Kier alpha value is -3.38. The molecule has 0 saturated carbocycles. The zero-order valence-electron chi connectivity index (χ0n) is 16.8. The molecule has 0 aliphatic heterocycles. The van der Waals surface area contributed by atoms with Crippen LogP contribution < -0.4 is 10.6 Å². The van der Waals surface area contributed by atoms with Gasteiger partial charge in [-0.15, -0.1) is 0 Å². The average molecular weight is 399 g/mol. The van der Waals surface area contributed by atoms with Crippen molar-refractivity contribution >= 4 is 22.5 Å². The number of carbonyl (C=O) groups is 1. The van der Waals surface area contributed by atoms with Crippen molar-refractivity contribution in [1.29, 1.82) is 0 Å². The molecule has 1 unspecified atom stereocenters. The Bertz CT molecular complexity index is 1160. The normalized spacial score (nSPS) is 15.8. The highest BCUT2D eigenvalue weighted by atomic mass is 16.2. The second-order valence-corrected chi connectivity index (χ2v) is 7.84. The smallest absolute Gasteiger partial charge is 0.246 e. The lowest BCUT2D eigenvalue weighted by atomic mass is 9.91. The van der Waals surface area contributed by atoms with Crippen molar-refractivity contribution < 1.29 is 4.79 Å². The topological polar surface area (TPSA) is 74.7 Å². The zero-order chi connectivity index (χ0) is 20.3.